The van der Waals surface area contributed by atoms with Crippen LogP contribution in [0.15, 0.2) is 15.8 Å². The third-order valence-electron chi connectivity index (χ3n) is 1.61. The monoisotopic (exact) mass is 268 g/mol. The Morgan fingerprint density at radius 3 is 2.44 bits per heavy atom. The summed E-state index contributed by atoms with van der Waals surface area (Å²) in [5, 5.41) is 8.54. The van der Waals surface area contributed by atoms with Crippen LogP contribution in [-0.2, 0) is 9.05 Å². The Bertz CT molecular complexity index is 617. The Labute approximate surface area is 92.7 Å². The predicted molar refractivity (Wildman–Crippen MR) is 49.8 cm³/mol. The molecule has 1 aromatic heterocycles. The zero-order chi connectivity index (χ0) is 12.5. The standard InChI is InChI=1S/C7H3ClF2N2O3S/c8-16(14,15)6-3(2-11)1-4(13)12-5(6)7(9)10/h1,7H,(H,12,13). The number of aromatic nitrogens is 1. The fourth-order valence-electron chi connectivity index (χ4n) is 1.07. The Balaban J connectivity index is 3.82. The summed E-state index contributed by atoms with van der Waals surface area (Å²) in [5.41, 5.74) is -2.90. The molecule has 0 saturated heterocycles. The van der Waals surface area contributed by atoms with E-state index in [4.69, 9.17) is 15.9 Å². The van der Waals surface area contributed by atoms with Gasteiger partial charge in [-0.3, -0.25) is 4.79 Å². The van der Waals surface area contributed by atoms with Crippen LogP contribution in [0.25, 0.3) is 0 Å². The van der Waals surface area contributed by atoms with Crippen LogP contribution < -0.4 is 5.56 Å². The van der Waals surface area contributed by atoms with E-state index < -0.39 is 37.2 Å². The fraction of sp³-hybridized carbons (Fsp3) is 0.143. The van der Waals surface area contributed by atoms with E-state index in [1.54, 1.807) is 4.98 Å². The molecule has 1 N–H and O–H groups in total. The number of pyridine rings is 1. The Hall–Kier alpha value is -1.46. The quantitative estimate of drug-likeness (QED) is 0.814. The number of nitrogens with zero attached hydrogens (tertiary/aromatic N) is 1. The molecule has 0 spiro atoms. The molecule has 86 valence electrons. The third kappa shape index (κ3) is 2.37. The van der Waals surface area contributed by atoms with Gasteiger partial charge < -0.3 is 4.98 Å². The molecule has 0 aromatic carbocycles. The number of H-pyrrole nitrogens is 1. The second kappa shape index (κ2) is 4.19. The number of halogens is 3. The van der Waals surface area contributed by atoms with Gasteiger partial charge in [0, 0.05) is 16.7 Å². The van der Waals surface area contributed by atoms with E-state index in [2.05, 4.69) is 0 Å². The van der Waals surface area contributed by atoms with Crippen molar-refractivity contribution in [3.05, 3.63) is 27.7 Å². The van der Waals surface area contributed by atoms with Gasteiger partial charge in [-0.1, -0.05) is 0 Å². The number of alkyl halides is 2. The van der Waals surface area contributed by atoms with E-state index in [9.17, 15) is 22.0 Å². The van der Waals surface area contributed by atoms with Crippen LogP contribution in [0, 0.1) is 11.3 Å². The molecule has 1 rings (SSSR count). The SMILES string of the molecule is N#Cc1cc(=O)[nH]c(C(F)F)c1S(=O)(=O)Cl. The molecule has 5 nitrogen and oxygen atoms in total. The molecule has 0 atom stereocenters. The first kappa shape index (κ1) is 12.6. The molecule has 9 heteroatoms. The van der Waals surface area contributed by atoms with Gasteiger partial charge in [0.1, 0.15) is 16.7 Å². The number of rotatable bonds is 2. The highest BCUT2D eigenvalue weighted by Gasteiger charge is 2.27. The van der Waals surface area contributed by atoms with E-state index >= 15 is 0 Å². The maximum Gasteiger partial charge on any atom is 0.279 e. The summed E-state index contributed by atoms with van der Waals surface area (Å²) in [6.45, 7) is 0. The first-order valence-corrected chi connectivity index (χ1v) is 5.98. The zero-order valence-corrected chi connectivity index (χ0v) is 8.94. The van der Waals surface area contributed by atoms with E-state index in [0.717, 1.165) is 0 Å². The Morgan fingerprint density at radius 2 is 2.06 bits per heavy atom. The highest BCUT2D eigenvalue weighted by atomic mass is 35.7. The summed E-state index contributed by atoms with van der Waals surface area (Å²) >= 11 is 0. The van der Waals surface area contributed by atoms with Gasteiger partial charge in [-0.25, -0.2) is 17.2 Å². The van der Waals surface area contributed by atoms with E-state index in [-0.39, 0.29) is 0 Å². The van der Waals surface area contributed by atoms with Crippen LogP contribution in [-0.4, -0.2) is 13.4 Å². The third-order valence-corrected chi connectivity index (χ3v) is 3.00. The molecule has 0 radical (unpaired) electrons. The van der Waals surface area contributed by atoms with E-state index in [1.165, 1.54) is 6.07 Å². The van der Waals surface area contributed by atoms with E-state index in [0.29, 0.717) is 6.07 Å². The molecule has 0 aliphatic rings. The van der Waals surface area contributed by atoms with Crippen LogP contribution in [0.5, 0.6) is 0 Å². The summed E-state index contributed by atoms with van der Waals surface area (Å²) < 4.78 is 46.9. The summed E-state index contributed by atoms with van der Waals surface area (Å²) in [6.07, 6.45) is -3.26. The fourth-order valence-corrected chi connectivity index (χ4v) is 2.34. The van der Waals surface area contributed by atoms with Gasteiger partial charge >= 0.3 is 0 Å². The van der Waals surface area contributed by atoms with Crippen molar-refractivity contribution in [3.8, 4) is 6.07 Å². The van der Waals surface area contributed by atoms with Crippen molar-refractivity contribution < 1.29 is 17.2 Å². The molecular formula is C7H3ClF2N2O3S. The van der Waals surface area contributed by atoms with Gasteiger partial charge in [0.2, 0.25) is 5.56 Å². The molecule has 1 heterocycles. The normalized spacial score (nSPS) is 11.4. The zero-order valence-electron chi connectivity index (χ0n) is 7.37. The van der Waals surface area contributed by atoms with Crippen LogP contribution in [0.1, 0.15) is 17.7 Å². The van der Waals surface area contributed by atoms with Crippen molar-refractivity contribution >= 4 is 19.7 Å². The number of hydrogen-bond donors (Lipinski definition) is 1. The van der Waals surface area contributed by atoms with Crippen LogP contribution in [0.2, 0.25) is 0 Å². The number of hydrogen-bond acceptors (Lipinski definition) is 4. The van der Waals surface area contributed by atoms with Gasteiger partial charge in [-0.15, -0.1) is 0 Å². The first-order valence-electron chi connectivity index (χ1n) is 3.67. The molecule has 0 aliphatic heterocycles. The molecule has 16 heavy (non-hydrogen) atoms. The largest absolute Gasteiger partial charge is 0.320 e. The second-order valence-electron chi connectivity index (χ2n) is 2.64. The average Bonchev–Trinajstić information content (AvgIpc) is 2.14. The summed E-state index contributed by atoms with van der Waals surface area (Å²) in [6, 6.07) is 1.91. The predicted octanol–water partition coefficient (Wildman–Crippen LogP) is 1.11. The lowest BCUT2D eigenvalue weighted by molar-refractivity contribution is 0.142. The summed E-state index contributed by atoms with van der Waals surface area (Å²) in [5.74, 6) is 0. The topological polar surface area (TPSA) is 90.8 Å². The molecule has 0 amide bonds. The average molecular weight is 269 g/mol. The second-order valence-corrected chi connectivity index (χ2v) is 5.14. The van der Waals surface area contributed by atoms with E-state index in [1.807, 2.05) is 0 Å². The molecule has 1 aromatic rings. The Kier molecular flexibility index (Phi) is 3.30. The van der Waals surface area contributed by atoms with Gasteiger partial charge in [0.15, 0.2) is 0 Å². The lowest BCUT2D eigenvalue weighted by Crippen LogP contribution is -2.14. The van der Waals surface area contributed by atoms with Crippen molar-refractivity contribution in [2.24, 2.45) is 0 Å². The van der Waals surface area contributed by atoms with Gasteiger partial charge in [0.05, 0.1) is 5.56 Å². The Morgan fingerprint density at radius 1 is 1.50 bits per heavy atom. The molecule has 0 bridgehead atoms. The van der Waals surface area contributed by atoms with Gasteiger partial charge in [-0.05, 0) is 0 Å². The molecule has 0 aliphatic carbocycles. The molecular weight excluding hydrogens is 266 g/mol. The lowest BCUT2D eigenvalue weighted by Gasteiger charge is -2.06. The smallest absolute Gasteiger partial charge is 0.279 e. The lowest BCUT2D eigenvalue weighted by atomic mass is 10.2. The number of nitriles is 1. The van der Waals surface area contributed by atoms with Crippen molar-refractivity contribution in [2.45, 2.75) is 11.3 Å². The number of nitrogens with one attached hydrogen (secondary N) is 1. The minimum Gasteiger partial charge on any atom is -0.320 e. The highest BCUT2D eigenvalue weighted by molar-refractivity contribution is 8.13. The minimum absolute atomic E-state index is 0.584. The summed E-state index contributed by atoms with van der Waals surface area (Å²) in [4.78, 5) is 11.4. The maximum atomic E-state index is 12.5. The van der Waals surface area contributed by atoms with Gasteiger partial charge in [-0.2, -0.15) is 5.26 Å². The minimum atomic E-state index is -4.54. The summed E-state index contributed by atoms with van der Waals surface area (Å²) in [7, 11) is 0.371. The van der Waals surface area contributed by atoms with Crippen LogP contribution >= 0.6 is 10.7 Å². The van der Waals surface area contributed by atoms with Crippen LogP contribution in [0.3, 0.4) is 0 Å². The van der Waals surface area contributed by atoms with Crippen molar-refractivity contribution in [2.75, 3.05) is 0 Å². The van der Waals surface area contributed by atoms with Crippen molar-refractivity contribution in [3.63, 3.8) is 0 Å². The molecule has 0 fully saturated rings. The maximum absolute atomic E-state index is 12.5. The molecule has 0 unspecified atom stereocenters. The number of aromatic amines is 1. The van der Waals surface area contributed by atoms with Crippen molar-refractivity contribution in [1.29, 1.82) is 5.26 Å². The highest BCUT2D eigenvalue weighted by Crippen LogP contribution is 2.28. The van der Waals surface area contributed by atoms with Crippen LogP contribution in [0.4, 0.5) is 8.78 Å². The van der Waals surface area contributed by atoms with Crippen molar-refractivity contribution in [1.82, 2.24) is 4.98 Å². The first-order chi connectivity index (χ1) is 7.27. The molecule has 0 saturated carbocycles. The van der Waals surface area contributed by atoms with Gasteiger partial charge in [0.25, 0.3) is 15.5 Å².